The number of rotatable bonds is 0. The Morgan fingerprint density at radius 3 is 2.00 bits per heavy atom. The van der Waals surface area contributed by atoms with E-state index in [-0.39, 0.29) is 17.6 Å². The van der Waals surface area contributed by atoms with E-state index in [0.29, 0.717) is 5.92 Å². The van der Waals surface area contributed by atoms with Crippen molar-refractivity contribution in [2.75, 3.05) is 0 Å². The second-order valence-corrected chi connectivity index (χ2v) is 4.36. The third kappa shape index (κ3) is 1.18. The normalized spacial score (nSPS) is 41.1. The Balaban J connectivity index is 2.55. The quantitative estimate of drug-likeness (QED) is 0.525. The third-order valence-corrected chi connectivity index (χ3v) is 2.39. The van der Waals surface area contributed by atoms with Gasteiger partial charge in [-0.25, -0.2) is 0 Å². The van der Waals surface area contributed by atoms with Crippen molar-refractivity contribution in [1.29, 1.82) is 0 Å². The van der Waals surface area contributed by atoms with Crippen LogP contribution < -0.4 is 5.73 Å². The fraction of sp³-hybridized carbons (Fsp3) is 1.00. The fourth-order valence-electron chi connectivity index (χ4n) is 1.88. The topological polar surface area (TPSA) is 46.2 Å². The van der Waals surface area contributed by atoms with Gasteiger partial charge in [-0.05, 0) is 11.8 Å². The zero-order valence-corrected chi connectivity index (χ0v) is 6.96. The van der Waals surface area contributed by atoms with Gasteiger partial charge in [0.2, 0.25) is 0 Å². The van der Waals surface area contributed by atoms with Gasteiger partial charge in [0.1, 0.15) is 0 Å². The Kier molecular flexibility index (Phi) is 1.77. The minimum atomic E-state index is -0.157. The van der Waals surface area contributed by atoms with E-state index in [1.54, 1.807) is 0 Å². The molecule has 0 aromatic heterocycles. The molecule has 3 atom stereocenters. The highest BCUT2D eigenvalue weighted by atomic mass is 16.3. The fourth-order valence-corrected chi connectivity index (χ4v) is 1.88. The lowest BCUT2D eigenvalue weighted by Gasteiger charge is -2.47. The molecule has 0 aromatic rings. The van der Waals surface area contributed by atoms with Crippen LogP contribution in [0.1, 0.15) is 27.2 Å². The van der Waals surface area contributed by atoms with Gasteiger partial charge in [-0.3, -0.25) is 0 Å². The zero-order chi connectivity index (χ0) is 7.94. The first-order valence-corrected chi connectivity index (χ1v) is 3.86. The van der Waals surface area contributed by atoms with Crippen molar-refractivity contribution in [3.8, 4) is 0 Å². The summed E-state index contributed by atoms with van der Waals surface area (Å²) in [6.45, 7) is 6.37. The van der Waals surface area contributed by atoms with E-state index in [4.69, 9.17) is 5.73 Å². The molecule has 10 heavy (non-hydrogen) atoms. The van der Waals surface area contributed by atoms with Crippen LogP contribution >= 0.6 is 0 Å². The number of aliphatic hydroxyl groups excluding tert-OH is 1. The van der Waals surface area contributed by atoms with E-state index in [1.165, 1.54) is 0 Å². The van der Waals surface area contributed by atoms with Crippen LogP contribution in [0.15, 0.2) is 0 Å². The first-order valence-electron chi connectivity index (χ1n) is 3.86. The molecule has 3 N–H and O–H groups in total. The Labute approximate surface area is 62.4 Å². The maximum absolute atomic E-state index is 9.33. The van der Waals surface area contributed by atoms with Crippen LogP contribution in [0, 0.1) is 11.3 Å². The highest BCUT2D eigenvalue weighted by Gasteiger charge is 2.44. The molecule has 3 unspecified atom stereocenters. The minimum Gasteiger partial charge on any atom is -0.393 e. The van der Waals surface area contributed by atoms with Crippen LogP contribution in [-0.2, 0) is 0 Å². The SMILES string of the molecule is CC(C)(C)C1C(N)CC1O. The van der Waals surface area contributed by atoms with E-state index < -0.39 is 0 Å². The summed E-state index contributed by atoms with van der Waals surface area (Å²) in [5.74, 6) is 0.299. The number of hydrogen-bond donors (Lipinski definition) is 2. The first kappa shape index (κ1) is 8.02. The molecule has 0 saturated heterocycles. The van der Waals surface area contributed by atoms with Gasteiger partial charge < -0.3 is 10.8 Å². The predicted molar refractivity (Wildman–Crippen MR) is 41.5 cm³/mol. The molecular formula is C8H17NO. The van der Waals surface area contributed by atoms with Gasteiger partial charge in [0.05, 0.1) is 6.10 Å². The molecule has 1 fully saturated rings. The summed E-state index contributed by atoms with van der Waals surface area (Å²) < 4.78 is 0. The average Bonchev–Trinajstić information content (AvgIpc) is 1.58. The van der Waals surface area contributed by atoms with Gasteiger partial charge in [0, 0.05) is 12.0 Å². The largest absolute Gasteiger partial charge is 0.393 e. The lowest BCUT2D eigenvalue weighted by atomic mass is 9.63. The molecule has 0 aromatic carbocycles. The van der Waals surface area contributed by atoms with E-state index in [0.717, 1.165) is 6.42 Å². The molecule has 0 spiro atoms. The molecule has 0 bridgehead atoms. The van der Waals surface area contributed by atoms with Crippen LogP contribution in [0.3, 0.4) is 0 Å². The van der Waals surface area contributed by atoms with Crippen molar-refractivity contribution in [3.63, 3.8) is 0 Å². The van der Waals surface area contributed by atoms with Gasteiger partial charge >= 0.3 is 0 Å². The summed E-state index contributed by atoms with van der Waals surface area (Å²) in [5.41, 5.74) is 5.90. The van der Waals surface area contributed by atoms with Gasteiger partial charge in [-0.15, -0.1) is 0 Å². The lowest BCUT2D eigenvalue weighted by molar-refractivity contribution is -0.0535. The van der Waals surface area contributed by atoms with Crippen molar-refractivity contribution in [1.82, 2.24) is 0 Å². The predicted octanol–water partition coefficient (Wildman–Crippen LogP) is 0.741. The molecule has 0 amide bonds. The van der Waals surface area contributed by atoms with Gasteiger partial charge in [-0.1, -0.05) is 20.8 Å². The molecule has 0 radical (unpaired) electrons. The molecule has 1 rings (SSSR count). The molecule has 0 aliphatic heterocycles. The molecule has 1 aliphatic carbocycles. The molecule has 60 valence electrons. The Morgan fingerprint density at radius 2 is 1.90 bits per heavy atom. The summed E-state index contributed by atoms with van der Waals surface area (Å²) in [6.07, 6.45) is 0.622. The zero-order valence-electron chi connectivity index (χ0n) is 6.96. The summed E-state index contributed by atoms with van der Waals surface area (Å²) in [4.78, 5) is 0. The summed E-state index contributed by atoms with van der Waals surface area (Å²) >= 11 is 0. The molecular weight excluding hydrogens is 126 g/mol. The van der Waals surface area contributed by atoms with Crippen molar-refractivity contribution in [2.24, 2.45) is 17.1 Å². The van der Waals surface area contributed by atoms with Crippen molar-refractivity contribution in [3.05, 3.63) is 0 Å². The summed E-state index contributed by atoms with van der Waals surface area (Å²) in [6, 6.07) is 0.218. The van der Waals surface area contributed by atoms with E-state index in [2.05, 4.69) is 20.8 Å². The van der Waals surface area contributed by atoms with Crippen molar-refractivity contribution >= 4 is 0 Å². The molecule has 2 nitrogen and oxygen atoms in total. The maximum atomic E-state index is 9.33. The van der Waals surface area contributed by atoms with Gasteiger partial charge in [0.25, 0.3) is 0 Å². The van der Waals surface area contributed by atoms with Crippen LogP contribution in [0.2, 0.25) is 0 Å². The number of hydrogen-bond acceptors (Lipinski definition) is 2. The number of aliphatic hydroxyl groups is 1. The second-order valence-electron chi connectivity index (χ2n) is 4.36. The van der Waals surface area contributed by atoms with Gasteiger partial charge in [0.15, 0.2) is 0 Å². The Bertz CT molecular complexity index is 120. The summed E-state index contributed by atoms with van der Waals surface area (Å²) in [5, 5.41) is 9.33. The van der Waals surface area contributed by atoms with Crippen molar-refractivity contribution in [2.45, 2.75) is 39.3 Å². The monoisotopic (exact) mass is 143 g/mol. The minimum absolute atomic E-state index is 0.157. The lowest BCUT2D eigenvalue weighted by Crippen LogP contribution is -2.56. The third-order valence-electron chi connectivity index (χ3n) is 2.39. The van der Waals surface area contributed by atoms with Crippen LogP contribution in [0.4, 0.5) is 0 Å². The van der Waals surface area contributed by atoms with E-state index >= 15 is 0 Å². The molecule has 2 heteroatoms. The molecule has 1 saturated carbocycles. The maximum Gasteiger partial charge on any atom is 0.0603 e. The molecule has 0 heterocycles. The standard InChI is InChI=1S/C8H17NO/c1-8(2,3)7-5(9)4-6(7)10/h5-7,10H,4,9H2,1-3H3. The van der Waals surface area contributed by atoms with Gasteiger partial charge in [-0.2, -0.15) is 0 Å². The van der Waals surface area contributed by atoms with E-state index in [1.807, 2.05) is 0 Å². The summed E-state index contributed by atoms with van der Waals surface area (Å²) in [7, 11) is 0. The first-order chi connectivity index (χ1) is 4.43. The highest BCUT2D eigenvalue weighted by molar-refractivity contribution is 4.98. The highest BCUT2D eigenvalue weighted by Crippen LogP contribution is 2.40. The Morgan fingerprint density at radius 1 is 1.40 bits per heavy atom. The van der Waals surface area contributed by atoms with Crippen LogP contribution in [0.25, 0.3) is 0 Å². The van der Waals surface area contributed by atoms with E-state index in [9.17, 15) is 5.11 Å². The molecule has 1 aliphatic rings. The average molecular weight is 143 g/mol. The smallest absolute Gasteiger partial charge is 0.0603 e. The Hall–Kier alpha value is -0.0800. The second kappa shape index (κ2) is 2.21. The number of nitrogens with two attached hydrogens (primary N) is 1. The van der Waals surface area contributed by atoms with Crippen LogP contribution in [0.5, 0.6) is 0 Å². The van der Waals surface area contributed by atoms with Crippen LogP contribution in [-0.4, -0.2) is 17.3 Å². The van der Waals surface area contributed by atoms with Crippen molar-refractivity contribution < 1.29 is 5.11 Å².